The molecule has 2 aromatic rings. The maximum atomic E-state index is 13.0. The van der Waals surface area contributed by atoms with Gasteiger partial charge in [-0.1, -0.05) is 0 Å². The average Bonchev–Trinajstić information content (AvgIpc) is 2.79. The van der Waals surface area contributed by atoms with E-state index in [0.717, 1.165) is 12.8 Å². The summed E-state index contributed by atoms with van der Waals surface area (Å²) in [4.78, 5) is 27.2. The van der Waals surface area contributed by atoms with Crippen LogP contribution in [0, 0.1) is 5.82 Å². The first-order chi connectivity index (χ1) is 15.0. The van der Waals surface area contributed by atoms with Crippen molar-refractivity contribution in [1.82, 2.24) is 10.2 Å². The van der Waals surface area contributed by atoms with Gasteiger partial charge >= 0.3 is 0 Å². The van der Waals surface area contributed by atoms with Crippen molar-refractivity contribution in [3.8, 4) is 11.5 Å². The number of fused-ring (bicyclic) bond motifs is 1. The zero-order valence-electron chi connectivity index (χ0n) is 17.4. The van der Waals surface area contributed by atoms with Gasteiger partial charge in [-0.2, -0.15) is 0 Å². The van der Waals surface area contributed by atoms with Crippen molar-refractivity contribution < 1.29 is 23.5 Å². The van der Waals surface area contributed by atoms with Crippen LogP contribution in [0.15, 0.2) is 42.5 Å². The van der Waals surface area contributed by atoms with E-state index in [4.69, 9.17) is 9.47 Å². The summed E-state index contributed by atoms with van der Waals surface area (Å²) in [5.41, 5.74) is 1.11. The summed E-state index contributed by atoms with van der Waals surface area (Å²) in [6.07, 6.45) is 1.49. The van der Waals surface area contributed by atoms with Crippen molar-refractivity contribution in [2.24, 2.45) is 0 Å². The molecule has 0 bridgehead atoms. The molecule has 7 nitrogen and oxygen atoms in total. The van der Waals surface area contributed by atoms with Crippen LogP contribution in [-0.2, 0) is 4.79 Å². The van der Waals surface area contributed by atoms with Crippen molar-refractivity contribution in [2.45, 2.75) is 31.8 Å². The predicted octanol–water partition coefficient (Wildman–Crippen LogP) is 2.82. The Hall–Kier alpha value is -3.13. The third-order valence-electron chi connectivity index (χ3n) is 5.71. The van der Waals surface area contributed by atoms with Gasteiger partial charge in [0.05, 0.1) is 6.04 Å². The normalized spacial score (nSPS) is 17.6. The topological polar surface area (TPSA) is 79.9 Å². The Morgan fingerprint density at radius 3 is 2.42 bits per heavy atom. The van der Waals surface area contributed by atoms with E-state index in [1.807, 2.05) is 6.92 Å². The summed E-state index contributed by atoms with van der Waals surface area (Å²) in [5.74, 6) is 0.651. The molecule has 0 aliphatic carbocycles. The number of hydrogen-bond donors (Lipinski definition) is 2. The lowest BCUT2D eigenvalue weighted by molar-refractivity contribution is -0.121. The Morgan fingerprint density at radius 2 is 1.71 bits per heavy atom. The van der Waals surface area contributed by atoms with Crippen LogP contribution in [-0.4, -0.2) is 55.1 Å². The van der Waals surface area contributed by atoms with Crippen LogP contribution in [0.4, 0.5) is 10.1 Å². The van der Waals surface area contributed by atoms with Crippen molar-refractivity contribution in [3.05, 3.63) is 53.8 Å². The Labute approximate surface area is 180 Å². The van der Waals surface area contributed by atoms with Gasteiger partial charge in [-0.05, 0) is 56.2 Å². The minimum Gasteiger partial charge on any atom is -0.486 e. The van der Waals surface area contributed by atoms with E-state index >= 15 is 0 Å². The first-order valence-electron chi connectivity index (χ1n) is 10.5. The second kappa shape index (κ2) is 9.34. The third-order valence-corrected chi connectivity index (χ3v) is 5.71. The first-order valence-corrected chi connectivity index (χ1v) is 10.5. The Kier molecular flexibility index (Phi) is 6.36. The van der Waals surface area contributed by atoms with Crippen molar-refractivity contribution in [3.63, 3.8) is 0 Å². The van der Waals surface area contributed by atoms with Gasteiger partial charge in [0, 0.05) is 36.4 Å². The van der Waals surface area contributed by atoms with Crippen LogP contribution in [0.25, 0.3) is 0 Å². The Bertz CT molecular complexity index is 942. The molecular formula is C23H26FN3O4. The maximum absolute atomic E-state index is 13.0. The molecule has 2 aliphatic rings. The van der Waals surface area contributed by atoms with Gasteiger partial charge in [-0.3, -0.25) is 14.5 Å². The second-order valence-electron chi connectivity index (χ2n) is 7.81. The standard InChI is InChI=1S/C23H26FN3O4/c1-15(22(28)26-19-6-7-20-21(14-19)31-13-12-30-20)27-10-8-18(9-11-27)25-23(29)16-2-4-17(24)5-3-16/h2-7,14-15,18H,8-13H2,1H3,(H,25,29)(H,26,28). The number of halogens is 1. The molecular weight excluding hydrogens is 401 g/mol. The number of hydrogen-bond acceptors (Lipinski definition) is 5. The third kappa shape index (κ3) is 5.14. The fourth-order valence-electron chi connectivity index (χ4n) is 3.83. The minimum atomic E-state index is -0.367. The van der Waals surface area contributed by atoms with Gasteiger partial charge in [-0.15, -0.1) is 0 Å². The second-order valence-corrected chi connectivity index (χ2v) is 7.81. The Morgan fingerprint density at radius 1 is 1.03 bits per heavy atom. The molecule has 1 unspecified atom stereocenters. The number of carbonyl (C=O) groups excluding carboxylic acids is 2. The van der Waals surface area contributed by atoms with Crippen LogP contribution >= 0.6 is 0 Å². The van der Waals surface area contributed by atoms with E-state index in [0.29, 0.717) is 49.1 Å². The van der Waals surface area contributed by atoms with E-state index in [1.54, 1.807) is 18.2 Å². The number of nitrogens with one attached hydrogen (secondary N) is 2. The predicted molar refractivity (Wildman–Crippen MR) is 114 cm³/mol. The SMILES string of the molecule is CC(C(=O)Nc1ccc2c(c1)OCCO2)N1CCC(NC(=O)c2ccc(F)cc2)CC1. The molecule has 2 N–H and O–H groups in total. The smallest absolute Gasteiger partial charge is 0.251 e. The number of ether oxygens (including phenoxy) is 2. The molecule has 0 spiro atoms. The zero-order valence-corrected chi connectivity index (χ0v) is 17.4. The molecule has 2 aromatic carbocycles. The number of piperidine rings is 1. The highest BCUT2D eigenvalue weighted by Gasteiger charge is 2.27. The van der Waals surface area contributed by atoms with E-state index in [-0.39, 0.29) is 29.7 Å². The van der Waals surface area contributed by atoms with E-state index in [1.165, 1.54) is 24.3 Å². The number of anilines is 1. The highest BCUT2D eigenvalue weighted by Crippen LogP contribution is 2.32. The summed E-state index contributed by atoms with van der Waals surface area (Å²) in [6.45, 7) is 4.29. The van der Waals surface area contributed by atoms with E-state index in [9.17, 15) is 14.0 Å². The van der Waals surface area contributed by atoms with Crippen LogP contribution in [0.3, 0.4) is 0 Å². The molecule has 1 saturated heterocycles. The molecule has 0 saturated carbocycles. The highest BCUT2D eigenvalue weighted by atomic mass is 19.1. The van der Waals surface area contributed by atoms with Crippen LogP contribution < -0.4 is 20.1 Å². The fraction of sp³-hybridized carbons (Fsp3) is 0.391. The summed E-state index contributed by atoms with van der Waals surface area (Å²) in [7, 11) is 0. The lowest BCUT2D eigenvalue weighted by Gasteiger charge is -2.35. The zero-order chi connectivity index (χ0) is 21.8. The molecule has 1 atom stereocenters. The number of rotatable bonds is 5. The highest BCUT2D eigenvalue weighted by molar-refractivity contribution is 5.95. The van der Waals surface area contributed by atoms with E-state index in [2.05, 4.69) is 15.5 Å². The number of carbonyl (C=O) groups is 2. The molecule has 4 rings (SSSR count). The van der Waals surface area contributed by atoms with Crippen LogP contribution in [0.1, 0.15) is 30.1 Å². The molecule has 2 amide bonds. The largest absolute Gasteiger partial charge is 0.486 e. The molecule has 164 valence electrons. The molecule has 31 heavy (non-hydrogen) atoms. The van der Waals surface area contributed by atoms with Crippen molar-refractivity contribution in [2.75, 3.05) is 31.6 Å². The molecule has 8 heteroatoms. The lowest BCUT2D eigenvalue weighted by atomic mass is 10.0. The van der Waals surface area contributed by atoms with Gasteiger partial charge in [0.25, 0.3) is 5.91 Å². The van der Waals surface area contributed by atoms with Gasteiger partial charge in [0.15, 0.2) is 11.5 Å². The molecule has 0 radical (unpaired) electrons. The van der Waals surface area contributed by atoms with Gasteiger partial charge in [0.1, 0.15) is 19.0 Å². The van der Waals surface area contributed by atoms with Crippen molar-refractivity contribution >= 4 is 17.5 Å². The summed E-state index contributed by atoms with van der Waals surface area (Å²) in [5, 5.41) is 5.94. The fourth-order valence-corrected chi connectivity index (χ4v) is 3.83. The Balaban J connectivity index is 1.26. The van der Waals surface area contributed by atoms with Gasteiger partial charge in [-0.25, -0.2) is 4.39 Å². The number of amides is 2. The number of nitrogens with zero attached hydrogens (tertiary/aromatic N) is 1. The maximum Gasteiger partial charge on any atom is 0.251 e. The molecule has 1 fully saturated rings. The van der Waals surface area contributed by atoms with Crippen LogP contribution in [0.5, 0.6) is 11.5 Å². The quantitative estimate of drug-likeness (QED) is 0.767. The molecule has 2 aliphatic heterocycles. The summed E-state index contributed by atoms with van der Waals surface area (Å²) >= 11 is 0. The molecule has 2 heterocycles. The monoisotopic (exact) mass is 427 g/mol. The number of benzene rings is 2. The summed E-state index contributed by atoms with van der Waals surface area (Å²) in [6, 6.07) is 10.6. The molecule has 0 aromatic heterocycles. The number of likely N-dealkylation sites (tertiary alicyclic amines) is 1. The van der Waals surface area contributed by atoms with Gasteiger partial charge in [0.2, 0.25) is 5.91 Å². The minimum absolute atomic E-state index is 0.0295. The van der Waals surface area contributed by atoms with Crippen LogP contribution in [0.2, 0.25) is 0 Å². The lowest BCUT2D eigenvalue weighted by Crippen LogP contribution is -2.50. The van der Waals surface area contributed by atoms with Gasteiger partial charge < -0.3 is 20.1 Å². The van der Waals surface area contributed by atoms with E-state index < -0.39 is 0 Å². The first kappa shape index (κ1) is 21.1. The average molecular weight is 427 g/mol. The summed E-state index contributed by atoms with van der Waals surface area (Å²) < 4.78 is 24.1. The van der Waals surface area contributed by atoms with Crippen molar-refractivity contribution in [1.29, 1.82) is 0 Å².